The first-order chi connectivity index (χ1) is 11.5. The van der Waals surface area contributed by atoms with E-state index in [1.807, 2.05) is 32.0 Å². The van der Waals surface area contributed by atoms with Gasteiger partial charge in [0.05, 0.1) is 0 Å². The molecule has 1 N–H and O–H groups in total. The van der Waals surface area contributed by atoms with E-state index in [2.05, 4.69) is 46.2 Å². The van der Waals surface area contributed by atoms with Crippen molar-refractivity contribution in [1.82, 2.24) is 15.3 Å². The number of aromatic nitrogens is 2. The molecule has 128 valence electrons. The third kappa shape index (κ3) is 4.78. The molecule has 5 nitrogen and oxygen atoms in total. The van der Waals surface area contributed by atoms with Gasteiger partial charge in [-0.05, 0) is 32.8 Å². The molecule has 0 aliphatic heterocycles. The molecule has 0 saturated heterocycles. The summed E-state index contributed by atoms with van der Waals surface area (Å²) in [7, 11) is 0. The van der Waals surface area contributed by atoms with E-state index in [0.717, 1.165) is 18.8 Å². The monoisotopic (exact) mass is 326 g/mol. The van der Waals surface area contributed by atoms with Gasteiger partial charge in [0.15, 0.2) is 0 Å². The Kier molecular flexibility index (Phi) is 6.29. The molecule has 2 rings (SSSR count). The highest BCUT2D eigenvalue weighted by molar-refractivity contribution is 5.92. The minimum Gasteiger partial charge on any atom is -0.351 e. The van der Waals surface area contributed by atoms with Gasteiger partial charge in [0.25, 0.3) is 5.91 Å². The van der Waals surface area contributed by atoms with Gasteiger partial charge < -0.3 is 10.2 Å². The minimum absolute atomic E-state index is 0.146. The van der Waals surface area contributed by atoms with Crippen LogP contribution in [0.2, 0.25) is 0 Å². The predicted molar refractivity (Wildman–Crippen MR) is 97.2 cm³/mol. The molecule has 0 aliphatic rings. The fourth-order valence-corrected chi connectivity index (χ4v) is 2.45. The van der Waals surface area contributed by atoms with Crippen LogP contribution in [0.15, 0.2) is 36.4 Å². The van der Waals surface area contributed by atoms with E-state index in [4.69, 9.17) is 0 Å². The second-order valence-electron chi connectivity index (χ2n) is 6.12. The van der Waals surface area contributed by atoms with Crippen molar-refractivity contribution in [2.75, 3.05) is 11.4 Å². The van der Waals surface area contributed by atoms with Crippen LogP contribution < -0.4 is 10.2 Å². The van der Waals surface area contributed by atoms with Gasteiger partial charge in [0, 0.05) is 25.2 Å². The summed E-state index contributed by atoms with van der Waals surface area (Å²) in [4.78, 5) is 23.3. The Labute approximate surface area is 144 Å². The van der Waals surface area contributed by atoms with Crippen molar-refractivity contribution in [2.45, 2.75) is 46.7 Å². The molecule has 0 saturated carbocycles. The Bertz CT molecular complexity index is 670. The van der Waals surface area contributed by atoms with E-state index in [1.165, 1.54) is 5.56 Å². The Morgan fingerprint density at radius 3 is 2.54 bits per heavy atom. The summed E-state index contributed by atoms with van der Waals surface area (Å²) in [6.45, 7) is 9.48. The smallest absolute Gasteiger partial charge is 0.270 e. The zero-order chi connectivity index (χ0) is 17.5. The number of hydrogen-bond donors (Lipinski definition) is 1. The maximum atomic E-state index is 12.2. The molecule has 0 spiro atoms. The zero-order valence-electron chi connectivity index (χ0n) is 14.9. The molecule has 24 heavy (non-hydrogen) atoms. The molecule has 0 fully saturated rings. The summed E-state index contributed by atoms with van der Waals surface area (Å²) in [5, 5.41) is 2.87. The van der Waals surface area contributed by atoms with Crippen LogP contribution in [0.1, 0.15) is 49.1 Å². The first-order valence-corrected chi connectivity index (χ1v) is 8.45. The molecule has 2 aromatic rings. The molecule has 0 atom stereocenters. The molecule has 0 radical (unpaired) electrons. The molecule has 0 aliphatic carbocycles. The van der Waals surface area contributed by atoms with Gasteiger partial charge in [-0.15, -0.1) is 0 Å². The number of amides is 1. The van der Waals surface area contributed by atoms with E-state index in [9.17, 15) is 4.79 Å². The molecule has 0 unspecified atom stereocenters. The lowest BCUT2D eigenvalue weighted by atomic mass is 10.2. The summed E-state index contributed by atoms with van der Waals surface area (Å²) in [6.07, 6.45) is 0.898. The van der Waals surface area contributed by atoms with E-state index < -0.39 is 0 Å². The van der Waals surface area contributed by atoms with Gasteiger partial charge in [-0.25, -0.2) is 9.97 Å². The highest BCUT2D eigenvalue weighted by Crippen LogP contribution is 2.19. The van der Waals surface area contributed by atoms with Crippen molar-refractivity contribution in [3.8, 4) is 0 Å². The Morgan fingerprint density at radius 1 is 1.21 bits per heavy atom. The van der Waals surface area contributed by atoms with Crippen LogP contribution in [0.3, 0.4) is 0 Å². The molecular weight excluding hydrogens is 300 g/mol. The number of benzene rings is 1. The van der Waals surface area contributed by atoms with Crippen molar-refractivity contribution in [2.24, 2.45) is 0 Å². The van der Waals surface area contributed by atoms with Crippen molar-refractivity contribution in [3.63, 3.8) is 0 Å². The number of carbonyl (C=O) groups is 1. The molecule has 1 amide bonds. The third-order valence-corrected chi connectivity index (χ3v) is 3.71. The van der Waals surface area contributed by atoms with E-state index in [0.29, 0.717) is 18.1 Å². The largest absolute Gasteiger partial charge is 0.351 e. The standard InChI is InChI=1S/C19H26N4O/c1-5-11-20-19(24)17-12-18(22-15(4)21-17)23(14(2)3)13-16-9-7-6-8-10-16/h6-10,12,14H,5,11,13H2,1-4H3,(H,20,24). The SMILES string of the molecule is CCCNC(=O)c1cc(N(Cc2ccccc2)C(C)C)nc(C)n1. The number of anilines is 1. The highest BCUT2D eigenvalue weighted by Gasteiger charge is 2.17. The average Bonchev–Trinajstić information content (AvgIpc) is 2.57. The lowest BCUT2D eigenvalue weighted by Gasteiger charge is -2.28. The molecular formula is C19H26N4O. The van der Waals surface area contributed by atoms with Gasteiger partial charge in [-0.1, -0.05) is 37.3 Å². The van der Waals surface area contributed by atoms with Crippen molar-refractivity contribution in [3.05, 3.63) is 53.5 Å². The quantitative estimate of drug-likeness (QED) is 0.848. The fourth-order valence-electron chi connectivity index (χ4n) is 2.45. The first kappa shape index (κ1) is 17.9. The first-order valence-electron chi connectivity index (χ1n) is 8.45. The number of aryl methyl sites for hydroxylation is 1. The van der Waals surface area contributed by atoms with Crippen LogP contribution in [0.4, 0.5) is 5.82 Å². The van der Waals surface area contributed by atoms with Gasteiger partial charge in [-0.2, -0.15) is 0 Å². The van der Waals surface area contributed by atoms with Crippen LogP contribution in [0.5, 0.6) is 0 Å². The highest BCUT2D eigenvalue weighted by atomic mass is 16.1. The lowest BCUT2D eigenvalue weighted by molar-refractivity contribution is 0.0948. The predicted octanol–water partition coefficient (Wildman–Crippen LogP) is 3.34. The van der Waals surface area contributed by atoms with E-state index in [-0.39, 0.29) is 11.9 Å². The van der Waals surface area contributed by atoms with Crippen LogP contribution in [-0.4, -0.2) is 28.5 Å². The summed E-state index contributed by atoms with van der Waals surface area (Å²) in [5.74, 6) is 1.24. The number of rotatable bonds is 7. The van der Waals surface area contributed by atoms with Crippen molar-refractivity contribution >= 4 is 11.7 Å². The summed E-state index contributed by atoms with van der Waals surface area (Å²) < 4.78 is 0. The van der Waals surface area contributed by atoms with Crippen LogP contribution in [-0.2, 0) is 6.54 Å². The number of nitrogens with one attached hydrogen (secondary N) is 1. The summed E-state index contributed by atoms with van der Waals surface area (Å²) in [6, 6.07) is 12.3. The van der Waals surface area contributed by atoms with Gasteiger partial charge in [0.2, 0.25) is 0 Å². The second kappa shape index (κ2) is 8.43. The van der Waals surface area contributed by atoms with E-state index >= 15 is 0 Å². The minimum atomic E-state index is -0.146. The van der Waals surface area contributed by atoms with E-state index in [1.54, 1.807) is 6.07 Å². The second-order valence-corrected chi connectivity index (χ2v) is 6.12. The normalized spacial score (nSPS) is 10.7. The van der Waals surface area contributed by atoms with Crippen molar-refractivity contribution in [1.29, 1.82) is 0 Å². The molecule has 1 heterocycles. The maximum Gasteiger partial charge on any atom is 0.270 e. The summed E-state index contributed by atoms with van der Waals surface area (Å²) >= 11 is 0. The van der Waals surface area contributed by atoms with Crippen LogP contribution >= 0.6 is 0 Å². The molecule has 5 heteroatoms. The topological polar surface area (TPSA) is 58.1 Å². The van der Waals surface area contributed by atoms with Gasteiger partial charge in [-0.3, -0.25) is 4.79 Å². The Hall–Kier alpha value is -2.43. The van der Waals surface area contributed by atoms with Crippen LogP contribution in [0.25, 0.3) is 0 Å². The third-order valence-electron chi connectivity index (χ3n) is 3.71. The molecule has 0 bridgehead atoms. The fraction of sp³-hybridized carbons (Fsp3) is 0.421. The number of carbonyl (C=O) groups excluding carboxylic acids is 1. The lowest BCUT2D eigenvalue weighted by Crippen LogP contribution is -2.32. The average molecular weight is 326 g/mol. The maximum absolute atomic E-state index is 12.2. The number of nitrogens with zero attached hydrogens (tertiary/aromatic N) is 3. The van der Waals surface area contributed by atoms with Gasteiger partial charge >= 0.3 is 0 Å². The Balaban J connectivity index is 2.29. The summed E-state index contributed by atoms with van der Waals surface area (Å²) in [5.41, 5.74) is 1.63. The van der Waals surface area contributed by atoms with Crippen molar-refractivity contribution < 1.29 is 4.79 Å². The molecule has 1 aromatic carbocycles. The Morgan fingerprint density at radius 2 is 1.92 bits per heavy atom. The number of hydrogen-bond acceptors (Lipinski definition) is 4. The van der Waals surface area contributed by atoms with Crippen LogP contribution in [0, 0.1) is 6.92 Å². The zero-order valence-corrected chi connectivity index (χ0v) is 14.9. The van der Waals surface area contributed by atoms with Gasteiger partial charge in [0.1, 0.15) is 17.3 Å². The molecule has 1 aromatic heterocycles.